The molecule has 1 atom stereocenters. The van der Waals surface area contributed by atoms with E-state index in [-0.39, 0.29) is 24.2 Å². The zero-order valence-electron chi connectivity index (χ0n) is 17.0. The number of nitrogens with zero attached hydrogens (tertiary/aromatic N) is 1. The Kier molecular flexibility index (Phi) is 6.53. The Morgan fingerprint density at radius 1 is 0.969 bits per heavy atom. The lowest BCUT2D eigenvalue weighted by atomic mass is 10.2. The maximum Gasteiger partial charge on any atom is 0.264 e. The zero-order valence-corrected chi connectivity index (χ0v) is 18.6. The Morgan fingerprint density at radius 3 is 2.34 bits per heavy atom. The van der Waals surface area contributed by atoms with Gasteiger partial charge >= 0.3 is 0 Å². The van der Waals surface area contributed by atoms with E-state index in [1.54, 1.807) is 48.5 Å². The van der Waals surface area contributed by atoms with Gasteiger partial charge in [0, 0.05) is 5.02 Å². The fourth-order valence-corrected chi connectivity index (χ4v) is 4.79. The highest BCUT2D eigenvalue weighted by molar-refractivity contribution is 7.92. The predicted octanol–water partition coefficient (Wildman–Crippen LogP) is 3.49. The Bertz CT molecular complexity index is 1190. The monoisotopic (exact) mass is 472 g/mol. The first kappa shape index (κ1) is 22.0. The van der Waals surface area contributed by atoms with Gasteiger partial charge in [-0.3, -0.25) is 9.10 Å². The molecule has 7 nitrogen and oxygen atoms in total. The summed E-state index contributed by atoms with van der Waals surface area (Å²) in [5.74, 6) is 0.785. The van der Waals surface area contributed by atoms with E-state index in [2.05, 4.69) is 5.32 Å². The van der Waals surface area contributed by atoms with Gasteiger partial charge in [-0.2, -0.15) is 0 Å². The highest BCUT2D eigenvalue weighted by Gasteiger charge is 2.28. The van der Waals surface area contributed by atoms with Crippen molar-refractivity contribution < 1.29 is 22.7 Å². The fourth-order valence-electron chi connectivity index (χ4n) is 3.22. The number of halogens is 1. The molecule has 0 saturated carbocycles. The SMILES string of the molecule is O=C(CN(c1ccc(Cl)cc1)S(=O)(=O)c1ccccc1)NCC1COc2ccccc2O1. The van der Waals surface area contributed by atoms with E-state index < -0.39 is 22.5 Å². The number of hydrogen-bond donors (Lipinski definition) is 1. The lowest BCUT2D eigenvalue weighted by Gasteiger charge is -2.27. The maximum atomic E-state index is 13.3. The van der Waals surface area contributed by atoms with Gasteiger partial charge in [-0.1, -0.05) is 41.9 Å². The fraction of sp³-hybridized carbons (Fsp3) is 0.174. The number of rotatable bonds is 7. The predicted molar refractivity (Wildman–Crippen MR) is 122 cm³/mol. The second kappa shape index (κ2) is 9.50. The average molecular weight is 473 g/mol. The number of nitrogens with one attached hydrogen (secondary N) is 1. The minimum atomic E-state index is -3.97. The van der Waals surface area contributed by atoms with E-state index >= 15 is 0 Å². The molecule has 9 heteroatoms. The van der Waals surface area contributed by atoms with E-state index in [1.807, 2.05) is 18.2 Å². The number of para-hydroxylation sites is 2. The molecule has 1 aliphatic rings. The minimum Gasteiger partial charge on any atom is -0.486 e. The molecular formula is C23H21ClN2O5S. The summed E-state index contributed by atoms with van der Waals surface area (Å²) in [7, 11) is -3.97. The number of carbonyl (C=O) groups excluding carboxylic acids is 1. The Hall–Kier alpha value is -3.23. The van der Waals surface area contributed by atoms with Crippen LogP contribution >= 0.6 is 11.6 Å². The Labute approximate surface area is 191 Å². The molecule has 1 amide bonds. The van der Waals surface area contributed by atoms with Crippen LogP contribution in [0, 0.1) is 0 Å². The second-order valence-corrected chi connectivity index (χ2v) is 9.40. The number of fused-ring (bicyclic) bond motifs is 1. The molecule has 3 aromatic rings. The van der Waals surface area contributed by atoms with Crippen LogP contribution in [0.5, 0.6) is 11.5 Å². The molecule has 0 fully saturated rings. The summed E-state index contributed by atoms with van der Waals surface area (Å²) in [6, 6.07) is 21.5. The van der Waals surface area contributed by atoms with Crippen molar-refractivity contribution in [3.8, 4) is 11.5 Å². The molecule has 32 heavy (non-hydrogen) atoms. The summed E-state index contributed by atoms with van der Waals surface area (Å²) in [4.78, 5) is 12.8. The molecule has 1 N–H and O–H groups in total. The average Bonchev–Trinajstić information content (AvgIpc) is 2.82. The van der Waals surface area contributed by atoms with Crippen molar-refractivity contribution in [3.05, 3.63) is 83.9 Å². The van der Waals surface area contributed by atoms with Crippen molar-refractivity contribution in [1.29, 1.82) is 0 Å². The number of ether oxygens (including phenoxy) is 2. The molecule has 3 aromatic carbocycles. The first-order chi connectivity index (χ1) is 15.4. The zero-order chi connectivity index (χ0) is 22.6. The number of hydrogen-bond acceptors (Lipinski definition) is 5. The lowest BCUT2D eigenvalue weighted by Crippen LogP contribution is -2.45. The molecule has 0 spiro atoms. The number of sulfonamides is 1. The van der Waals surface area contributed by atoms with Crippen molar-refractivity contribution in [2.45, 2.75) is 11.0 Å². The topological polar surface area (TPSA) is 84.9 Å². The van der Waals surface area contributed by atoms with Crippen LogP contribution in [0.15, 0.2) is 83.8 Å². The highest BCUT2D eigenvalue weighted by Crippen LogP contribution is 2.30. The van der Waals surface area contributed by atoms with Gasteiger partial charge in [0.2, 0.25) is 5.91 Å². The standard InChI is InChI=1S/C23H21ClN2O5S/c24-17-10-12-18(13-11-17)26(32(28,29)20-6-2-1-3-7-20)15-23(27)25-14-19-16-30-21-8-4-5-9-22(21)31-19/h1-13,19H,14-16H2,(H,25,27). The largest absolute Gasteiger partial charge is 0.486 e. The number of carbonyl (C=O) groups is 1. The summed E-state index contributed by atoms with van der Waals surface area (Å²) in [6.45, 7) is 0.0521. The van der Waals surface area contributed by atoms with E-state index in [1.165, 1.54) is 12.1 Å². The highest BCUT2D eigenvalue weighted by atomic mass is 35.5. The van der Waals surface area contributed by atoms with Gasteiger partial charge in [-0.05, 0) is 48.5 Å². The van der Waals surface area contributed by atoms with Crippen LogP contribution in [0.1, 0.15) is 0 Å². The molecule has 0 bridgehead atoms. The summed E-state index contributed by atoms with van der Waals surface area (Å²) in [5, 5.41) is 3.21. The van der Waals surface area contributed by atoms with Gasteiger partial charge in [0.15, 0.2) is 11.5 Å². The van der Waals surface area contributed by atoms with E-state index in [0.29, 0.717) is 22.2 Å². The number of anilines is 1. The third kappa shape index (κ3) is 4.98. The molecule has 0 aliphatic carbocycles. The van der Waals surface area contributed by atoms with Gasteiger partial charge < -0.3 is 14.8 Å². The summed E-state index contributed by atoms with van der Waals surface area (Å²) < 4.78 is 39.1. The molecule has 4 rings (SSSR count). The van der Waals surface area contributed by atoms with Crippen LogP contribution in [0.4, 0.5) is 5.69 Å². The molecule has 166 valence electrons. The quantitative estimate of drug-likeness (QED) is 0.569. The Morgan fingerprint density at radius 2 is 1.62 bits per heavy atom. The molecular weight excluding hydrogens is 452 g/mol. The van der Waals surface area contributed by atoms with Crippen LogP contribution in [0.3, 0.4) is 0 Å². The van der Waals surface area contributed by atoms with Crippen molar-refractivity contribution in [3.63, 3.8) is 0 Å². The van der Waals surface area contributed by atoms with Crippen LogP contribution in [-0.2, 0) is 14.8 Å². The molecule has 0 saturated heterocycles. The third-order valence-electron chi connectivity index (χ3n) is 4.83. The van der Waals surface area contributed by atoms with E-state index in [4.69, 9.17) is 21.1 Å². The number of benzene rings is 3. The maximum absolute atomic E-state index is 13.3. The van der Waals surface area contributed by atoms with E-state index in [9.17, 15) is 13.2 Å². The number of amides is 1. The first-order valence-electron chi connectivity index (χ1n) is 9.92. The summed E-state index contributed by atoms with van der Waals surface area (Å²) in [6.07, 6.45) is -0.386. The lowest BCUT2D eigenvalue weighted by molar-refractivity contribution is -0.120. The van der Waals surface area contributed by atoms with Gasteiger partial charge in [0.25, 0.3) is 10.0 Å². The third-order valence-corrected chi connectivity index (χ3v) is 6.87. The normalized spacial score (nSPS) is 15.1. The van der Waals surface area contributed by atoms with Crippen LogP contribution in [0.2, 0.25) is 5.02 Å². The van der Waals surface area contributed by atoms with Crippen LogP contribution in [-0.4, -0.2) is 40.1 Å². The van der Waals surface area contributed by atoms with Crippen molar-refractivity contribution in [2.75, 3.05) is 24.0 Å². The summed E-state index contributed by atoms with van der Waals surface area (Å²) in [5.41, 5.74) is 0.333. The van der Waals surface area contributed by atoms with Crippen LogP contribution in [0.25, 0.3) is 0 Å². The summed E-state index contributed by atoms with van der Waals surface area (Å²) >= 11 is 5.95. The second-order valence-electron chi connectivity index (χ2n) is 7.10. The van der Waals surface area contributed by atoms with E-state index in [0.717, 1.165) is 4.31 Å². The van der Waals surface area contributed by atoms with Gasteiger partial charge in [-0.25, -0.2) is 8.42 Å². The van der Waals surface area contributed by atoms with Gasteiger partial charge in [0.1, 0.15) is 19.3 Å². The molecule has 1 aliphatic heterocycles. The molecule has 0 radical (unpaired) electrons. The smallest absolute Gasteiger partial charge is 0.264 e. The van der Waals surface area contributed by atoms with Gasteiger partial charge in [0.05, 0.1) is 17.1 Å². The Balaban J connectivity index is 1.47. The van der Waals surface area contributed by atoms with Crippen molar-refractivity contribution in [1.82, 2.24) is 5.32 Å². The minimum absolute atomic E-state index is 0.0865. The molecule has 0 aromatic heterocycles. The van der Waals surface area contributed by atoms with Crippen molar-refractivity contribution >= 4 is 33.2 Å². The molecule has 1 heterocycles. The first-order valence-corrected chi connectivity index (χ1v) is 11.7. The van der Waals surface area contributed by atoms with Gasteiger partial charge in [-0.15, -0.1) is 0 Å². The van der Waals surface area contributed by atoms with Crippen molar-refractivity contribution in [2.24, 2.45) is 0 Å². The molecule has 1 unspecified atom stereocenters. The van der Waals surface area contributed by atoms with Crippen LogP contribution < -0.4 is 19.1 Å².